The van der Waals surface area contributed by atoms with Gasteiger partial charge in [0, 0.05) is 23.3 Å². The van der Waals surface area contributed by atoms with E-state index in [1.165, 1.54) is 0 Å². The number of rotatable bonds is 4. The van der Waals surface area contributed by atoms with Gasteiger partial charge in [-0.3, -0.25) is 4.40 Å². The molecule has 0 radical (unpaired) electrons. The molecular weight excluding hydrogens is 272 g/mol. The van der Waals surface area contributed by atoms with Crippen LogP contribution in [0.2, 0.25) is 0 Å². The number of fused-ring (bicyclic) bond motifs is 1. The SMILES string of the molecule is CC(C)(C)NCc1ncn(Cc2cn3ccsc3n2)n1. The smallest absolute Gasteiger partial charge is 0.193 e. The Balaban J connectivity index is 1.66. The number of nitrogens with one attached hydrogen (secondary N) is 1. The van der Waals surface area contributed by atoms with Gasteiger partial charge in [0.05, 0.1) is 18.8 Å². The van der Waals surface area contributed by atoms with Crippen LogP contribution in [0.5, 0.6) is 0 Å². The Bertz CT molecular complexity index is 673. The maximum absolute atomic E-state index is 4.54. The highest BCUT2D eigenvalue weighted by atomic mass is 32.1. The summed E-state index contributed by atoms with van der Waals surface area (Å²) in [6, 6.07) is 0. The van der Waals surface area contributed by atoms with Gasteiger partial charge in [-0.2, -0.15) is 5.10 Å². The fraction of sp³-hybridized carbons (Fsp3) is 0.462. The largest absolute Gasteiger partial charge is 0.305 e. The van der Waals surface area contributed by atoms with Gasteiger partial charge in [-0.15, -0.1) is 11.3 Å². The molecule has 0 spiro atoms. The predicted octanol–water partition coefficient (Wildman–Crippen LogP) is 1.92. The number of thiazole rings is 1. The predicted molar refractivity (Wildman–Crippen MR) is 78.8 cm³/mol. The molecule has 106 valence electrons. The lowest BCUT2D eigenvalue weighted by Gasteiger charge is -2.19. The molecule has 20 heavy (non-hydrogen) atoms. The number of hydrogen-bond acceptors (Lipinski definition) is 5. The first-order valence-electron chi connectivity index (χ1n) is 6.54. The standard InChI is InChI=1S/C13H18N6S/c1-13(2,3)15-6-11-14-9-19(17-11)8-10-7-18-4-5-20-12(18)16-10/h4-5,7,9,15H,6,8H2,1-3H3. The molecule has 7 heteroatoms. The minimum absolute atomic E-state index is 0.0691. The molecule has 3 aromatic heterocycles. The van der Waals surface area contributed by atoms with Crippen molar-refractivity contribution in [2.45, 2.75) is 39.4 Å². The monoisotopic (exact) mass is 290 g/mol. The van der Waals surface area contributed by atoms with Gasteiger partial charge in [-0.25, -0.2) is 14.6 Å². The molecule has 0 saturated heterocycles. The molecule has 0 fully saturated rings. The van der Waals surface area contributed by atoms with Gasteiger partial charge in [-0.05, 0) is 20.8 Å². The van der Waals surface area contributed by atoms with E-state index >= 15 is 0 Å². The van der Waals surface area contributed by atoms with E-state index in [1.807, 2.05) is 26.9 Å². The second-order valence-electron chi connectivity index (χ2n) is 5.79. The maximum Gasteiger partial charge on any atom is 0.193 e. The number of hydrogen-bond donors (Lipinski definition) is 1. The van der Waals surface area contributed by atoms with Crippen molar-refractivity contribution in [3.05, 3.63) is 35.6 Å². The van der Waals surface area contributed by atoms with Crippen LogP contribution in [0.15, 0.2) is 24.1 Å². The van der Waals surface area contributed by atoms with Crippen LogP contribution in [0.3, 0.4) is 0 Å². The average molecular weight is 290 g/mol. The van der Waals surface area contributed by atoms with Gasteiger partial charge in [0.25, 0.3) is 0 Å². The van der Waals surface area contributed by atoms with Crippen LogP contribution in [-0.4, -0.2) is 29.7 Å². The summed E-state index contributed by atoms with van der Waals surface area (Å²) in [7, 11) is 0. The molecule has 3 rings (SSSR count). The Morgan fingerprint density at radius 3 is 2.95 bits per heavy atom. The van der Waals surface area contributed by atoms with Gasteiger partial charge in [0.2, 0.25) is 0 Å². The first-order valence-corrected chi connectivity index (χ1v) is 7.42. The zero-order chi connectivity index (χ0) is 14.2. The molecule has 0 aliphatic carbocycles. The lowest BCUT2D eigenvalue weighted by atomic mass is 10.1. The highest BCUT2D eigenvalue weighted by molar-refractivity contribution is 7.15. The minimum atomic E-state index is 0.0691. The Kier molecular flexibility index (Phi) is 3.31. The molecule has 0 amide bonds. The Labute approximate surface area is 121 Å². The van der Waals surface area contributed by atoms with Gasteiger partial charge in [0.1, 0.15) is 6.33 Å². The highest BCUT2D eigenvalue weighted by Crippen LogP contribution is 2.12. The van der Waals surface area contributed by atoms with E-state index in [-0.39, 0.29) is 5.54 Å². The molecule has 0 atom stereocenters. The van der Waals surface area contributed by atoms with E-state index in [9.17, 15) is 0 Å². The molecule has 0 unspecified atom stereocenters. The van der Waals surface area contributed by atoms with E-state index in [0.717, 1.165) is 16.5 Å². The summed E-state index contributed by atoms with van der Waals surface area (Å²) in [6.45, 7) is 7.71. The lowest BCUT2D eigenvalue weighted by Crippen LogP contribution is -2.35. The summed E-state index contributed by atoms with van der Waals surface area (Å²) >= 11 is 1.63. The zero-order valence-corrected chi connectivity index (χ0v) is 12.7. The van der Waals surface area contributed by atoms with Crippen LogP contribution in [0.25, 0.3) is 4.96 Å². The Morgan fingerprint density at radius 2 is 2.20 bits per heavy atom. The van der Waals surface area contributed by atoms with Crippen LogP contribution in [0, 0.1) is 0 Å². The topological polar surface area (TPSA) is 60.0 Å². The van der Waals surface area contributed by atoms with Gasteiger partial charge >= 0.3 is 0 Å². The summed E-state index contributed by atoms with van der Waals surface area (Å²) in [4.78, 5) is 9.86. The van der Waals surface area contributed by atoms with Crippen LogP contribution >= 0.6 is 11.3 Å². The van der Waals surface area contributed by atoms with Gasteiger partial charge in [-0.1, -0.05) is 0 Å². The summed E-state index contributed by atoms with van der Waals surface area (Å²) in [5, 5.41) is 9.86. The van der Waals surface area contributed by atoms with Crippen molar-refractivity contribution in [3.63, 3.8) is 0 Å². The van der Waals surface area contributed by atoms with Crippen molar-refractivity contribution in [2.75, 3.05) is 0 Å². The molecule has 0 aliphatic heterocycles. The van der Waals surface area contributed by atoms with Gasteiger partial charge < -0.3 is 5.32 Å². The third-order valence-corrected chi connectivity index (χ3v) is 3.60. The van der Waals surface area contributed by atoms with E-state index in [2.05, 4.69) is 41.2 Å². The fourth-order valence-electron chi connectivity index (χ4n) is 1.85. The summed E-state index contributed by atoms with van der Waals surface area (Å²) in [5.74, 6) is 0.806. The van der Waals surface area contributed by atoms with E-state index in [1.54, 1.807) is 17.7 Å². The van der Waals surface area contributed by atoms with Crippen molar-refractivity contribution in [3.8, 4) is 0 Å². The second-order valence-corrected chi connectivity index (χ2v) is 6.66. The first-order chi connectivity index (χ1) is 9.49. The first kappa shape index (κ1) is 13.3. The summed E-state index contributed by atoms with van der Waals surface area (Å²) in [6.07, 6.45) is 5.80. The zero-order valence-electron chi connectivity index (χ0n) is 11.9. The number of imidazole rings is 1. The van der Waals surface area contributed by atoms with Crippen molar-refractivity contribution >= 4 is 16.3 Å². The van der Waals surface area contributed by atoms with Crippen LogP contribution in [0.4, 0.5) is 0 Å². The quantitative estimate of drug-likeness (QED) is 0.797. The van der Waals surface area contributed by atoms with Crippen molar-refractivity contribution < 1.29 is 0 Å². The highest BCUT2D eigenvalue weighted by Gasteiger charge is 2.11. The third-order valence-electron chi connectivity index (χ3n) is 2.83. The van der Waals surface area contributed by atoms with E-state index in [4.69, 9.17) is 0 Å². The molecule has 3 aromatic rings. The molecule has 1 N–H and O–H groups in total. The minimum Gasteiger partial charge on any atom is -0.305 e. The van der Waals surface area contributed by atoms with Crippen LogP contribution in [-0.2, 0) is 13.1 Å². The Hall–Kier alpha value is -1.73. The van der Waals surface area contributed by atoms with Crippen molar-refractivity contribution in [2.24, 2.45) is 0 Å². The molecule has 6 nitrogen and oxygen atoms in total. The maximum atomic E-state index is 4.54. The van der Waals surface area contributed by atoms with E-state index < -0.39 is 0 Å². The molecular formula is C13H18N6S. The molecule has 0 bridgehead atoms. The van der Waals surface area contributed by atoms with Gasteiger partial charge in [0.15, 0.2) is 10.8 Å². The molecule has 0 aliphatic rings. The van der Waals surface area contributed by atoms with E-state index in [0.29, 0.717) is 13.1 Å². The summed E-state index contributed by atoms with van der Waals surface area (Å²) < 4.78 is 3.85. The third kappa shape index (κ3) is 3.05. The second kappa shape index (κ2) is 4.99. The molecule has 3 heterocycles. The number of aromatic nitrogens is 5. The van der Waals surface area contributed by atoms with Crippen molar-refractivity contribution in [1.82, 2.24) is 29.5 Å². The van der Waals surface area contributed by atoms with Crippen LogP contribution < -0.4 is 5.32 Å². The molecule has 0 saturated carbocycles. The average Bonchev–Trinajstić information content (AvgIpc) is 3.01. The summed E-state index contributed by atoms with van der Waals surface area (Å²) in [5.41, 5.74) is 1.07. The normalized spacial score (nSPS) is 12.3. The Morgan fingerprint density at radius 1 is 1.35 bits per heavy atom. The number of nitrogens with zero attached hydrogens (tertiary/aromatic N) is 5. The fourth-order valence-corrected chi connectivity index (χ4v) is 2.57. The van der Waals surface area contributed by atoms with Crippen LogP contribution in [0.1, 0.15) is 32.3 Å². The van der Waals surface area contributed by atoms with Crippen molar-refractivity contribution in [1.29, 1.82) is 0 Å². The lowest BCUT2D eigenvalue weighted by molar-refractivity contribution is 0.417. The molecule has 0 aromatic carbocycles.